The van der Waals surface area contributed by atoms with Gasteiger partial charge in [0.15, 0.2) is 5.65 Å². The van der Waals surface area contributed by atoms with Crippen LogP contribution in [0.2, 0.25) is 0 Å². The molecule has 31 heavy (non-hydrogen) atoms. The Hall–Kier alpha value is -2.25. The van der Waals surface area contributed by atoms with Crippen molar-refractivity contribution in [2.45, 2.75) is 65.5 Å². The van der Waals surface area contributed by atoms with Crippen LogP contribution in [0.4, 0.5) is 0 Å². The number of aryl methyl sites for hydroxylation is 1. The average Bonchev–Trinajstić information content (AvgIpc) is 3.38. The quantitative estimate of drug-likeness (QED) is 0.560. The molecule has 1 fully saturated rings. The number of thiophene rings is 1. The largest absolute Gasteiger partial charge is 0.349 e. The van der Waals surface area contributed by atoms with Gasteiger partial charge >= 0.3 is 0 Å². The molecule has 1 saturated heterocycles. The van der Waals surface area contributed by atoms with Gasteiger partial charge in [0, 0.05) is 30.1 Å². The Morgan fingerprint density at radius 1 is 1.29 bits per heavy atom. The molecule has 0 saturated carbocycles. The standard InChI is InChI=1S/C24H33N5OS/c1-5-6-11-28-12-9-18(10-13-28)26-24(30)19-14-21(22-8-7-17(4)31-22)27-23-20(19)15-25-29(23)16(2)3/h7-8,14-16,18H,5-6,9-13H2,1-4H3,(H,26,30). The summed E-state index contributed by atoms with van der Waals surface area (Å²) in [5, 5.41) is 8.66. The monoisotopic (exact) mass is 439 g/mol. The lowest BCUT2D eigenvalue weighted by Crippen LogP contribution is -2.44. The Bertz CT molecular complexity index is 1050. The van der Waals surface area contributed by atoms with E-state index in [1.165, 1.54) is 24.3 Å². The third-order valence-electron chi connectivity index (χ3n) is 6.04. The van der Waals surface area contributed by atoms with Crippen molar-refractivity contribution in [3.05, 3.63) is 34.8 Å². The van der Waals surface area contributed by atoms with Crippen LogP contribution < -0.4 is 5.32 Å². The second-order valence-electron chi connectivity index (χ2n) is 8.83. The molecule has 1 amide bonds. The van der Waals surface area contributed by atoms with Crippen LogP contribution in [0.3, 0.4) is 0 Å². The molecule has 7 heteroatoms. The first-order valence-corrected chi connectivity index (χ1v) is 12.3. The molecule has 1 N–H and O–H groups in total. The Labute approximate surface area is 188 Å². The van der Waals surface area contributed by atoms with Crippen molar-refractivity contribution in [3.63, 3.8) is 0 Å². The van der Waals surface area contributed by atoms with E-state index in [4.69, 9.17) is 4.98 Å². The minimum atomic E-state index is -0.0164. The summed E-state index contributed by atoms with van der Waals surface area (Å²) in [5.74, 6) is -0.0164. The molecule has 3 aromatic heterocycles. The SMILES string of the molecule is CCCCN1CCC(NC(=O)c2cc(-c3ccc(C)s3)nc3c2cnn3C(C)C)CC1. The number of nitrogens with zero attached hydrogens (tertiary/aromatic N) is 4. The molecule has 0 atom stereocenters. The second kappa shape index (κ2) is 9.49. The fraction of sp³-hybridized carbons (Fsp3) is 0.542. The van der Waals surface area contributed by atoms with Gasteiger partial charge < -0.3 is 10.2 Å². The second-order valence-corrected chi connectivity index (χ2v) is 10.1. The minimum Gasteiger partial charge on any atom is -0.349 e. The van der Waals surface area contributed by atoms with Crippen LogP contribution >= 0.6 is 11.3 Å². The van der Waals surface area contributed by atoms with Crippen LogP contribution in [0.5, 0.6) is 0 Å². The maximum Gasteiger partial charge on any atom is 0.252 e. The van der Waals surface area contributed by atoms with E-state index in [0.29, 0.717) is 5.56 Å². The van der Waals surface area contributed by atoms with Crippen LogP contribution in [-0.4, -0.2) is 51.2 Å². The topological polar surface area (TPSA) is 63.1 Å². The molecule has 4 heterocycles. The average molecular weight is 440 g/mol. The fourth-order valence-corrected chi connectivity index (χ4v) is 5.06. The van der Waals surface area contributed by atoms with Gasteiger partial charge in [0.1, 0.15) is 0 Å². The molecule has 166 valence electrons. The first-order valence-electron chi connectivity index (χ1n) is 11.4. The summed E-state index contributed by atoms with van der Waals surface area (Å²) < 4.78 is 1.91. The smallest absolute Gasteiger partial charge is 0.252 e. The highest BCUT2D eigenvalue weighted by Gasteiger charge is 2.24. The summed E-state index contributed by atoms with van der Waals surface area (Å²) in [7, 11) is 0. The number of carbonyl (C=O) groups is 1. The van der Waals surface area contributed by atoms with E-state index in [0.717, 1.165) is 47.5 Å². The summed E-state index contributed by atoms with van der Waals surface area (Å²) >= 11 is 1.70. The predicted octanol–water partition coefficient (Wildman–Crippen LogP) is 5.04. The Morgan fingerprint density at radius 2 is 2.06 bits per heavy atom. The molecule has 0 radical (unpaired) electrons. The maximum atomic E-state index is 13.4. The Morgan fingerprint density at radius 3 is 2.71 bits per heavy atom. The number of piperidine rings is 1. The lowest BCUT2D eigenvalue weighted by atomic mass is 10.0. The van der Waals surface area contributed by atoms with Crippen molar-refractivity contribution in [1.29, 1.82) is 0 Å². The third-order valence-corrected chi connectivity index (χ3v) is 7.07. The van der Waals surface area contributed by atoms with Crippen LogP contribution in [0.15, 0.2) is 24.4 Å². The van der Waals surface area contributed by atoms with Crippen LogP contribution in [0, 0.1) is 6.92 Å². The molecule has 0 aromatic carbocycles. The summed E-state index contributed by atoms with van der Waals surface area (Å²) in [6.45, 7) is 11.8. The zero-order valence-corrected chi connectivity index (χ0v) is 19.8. The molecule has 0 bridgehead atoms. The van der Waals surface area contributed by atoms with Crippen molar-refractivity contribution < 1.29 is 4.79 Å². The number of nitrogens with one attached hydrogen (secondary N) is 1. The zero-order valence-electron chi connectivity index (χ0n) is 19.0. The van der Waals surface area contributed by atoms with Gasteiger partial charge in [-0.1, -0.05) is 13.3 Å². The number of hydrogen-bond donors (Lipinski definition) is 1. The number of aromatic nitrogens is 3. The number of fused-ring (bicyclic) bond motifs is 1. The van der Waals surface area contributed by atoms with Crippen LogP contribution in [0.25, 0.3) is 21.6 Å². The van der Waals surface area contributed by atoms with Crippen molar-refractivity contribution in [2.75, 3.05) is 19.6 Å². The van der Waals surface area contributed by atoms with Gasteiger partial charge in [-0.3, -0.25) is 4.79 Å². The number of carbonyl (C=O) groups excluding carboxylic acids is 1. The molecular formula is C24H33N5OS. The summed E-state index contributed by atoms with van der Waals surface area (Å²) in [6, 6.07) is 6.51. The van der Waals surface area contributed by atoms with Crippen molar-refractivity contribution in [2.24, 2.45) is 0 Å². The highest BCUT2D eigenvalue weighted by atomic mass is 32.1. The first kappa shape index (κ1) is 22.0. The minimum absolute atomic E-state index is 0.0164. The number of pyridine rings is 1. The molecule has 6 nitrogen and oxygen atoms in total. The van der Waals surface area contributed by atoms with Crippen molar-refractivity contribution in [1.82, 2.24) is 25.0 Å². The lowest BCUT2D eigenvalue weighted by molar-refractivity contribution is 0.0912. The van der Waals surface area contributed by atoms with Gasteiger partial charge in [-0.2, -0.15) is 5.10 Å². The molecule has 1 aliphatic heterocycles. The van der Waals surface area contributed by atoms with Crippen molar-refractivity contribution in [3.8, 4) is 10.6 Å². The molecular weight excluding hydrogens is 406 g/mol. The van der Waals surface area contributed by atoms with Gasteiger partial charge in [0.25, 0.3) is 5.91 Å². The molecule has 4 rings (SSSR count). The first-order chi connectivity index (χ1) is 15.0. The van der Waals surface area contributed by atoms with E-state index >= 15 is 0 Å². The van der Waals surface area contributed by atoms with E-state index in [1.807, 2.05) is 10.7 Å². The van der Waals surface area contributed by atoms with E-state index in [1.54, 1.807) is 17.5 Å². The van der Waals surface area contributed by atoms with Crippen LogP contribution in [0.1, 0.15) is 67.7 Å². The van der Waals surface area contributed by atoms with E-state index < -0.39 is 0 Å². The summed E-state index contributed by atoms with van der Waals surface area (Å²) in [6.07, 6.45) is 6.27. The normalized spacial score (nSPS) is 15.8. The molecule has 0 spiro atoms. The van der Waals surface area contributed by atoms with Crippen LogP contribution in [-0.2, 0) is 0 Å². The Kier molecular flexibility index (Phi) is 6.72. The van der Waals surface area contributed by atoms with E-state index in [-0.39, 0.29) is 18.0 Å². The number of amides is 1. The Balaban J connectivity index is 1.59. The number of likely N-dealkylation sites (tertiary alicyclic amines) is 1. The number of hydrogen-bond acceptors (Lipinski definition) is 5. The highest BCUT2D eigenvalue weighted by molar-refractivity contribution is 7.15. The maximum absolute atomic E-state index is 13.4. The molecule has 0 aliphatic carbocycles. The number of rotatable bonds is 7. The van der Waals surface area contributed by atoms with Gasteiger partial charge in [-0.05, 0) is 64.8 Å². The van der Waals surface area contributed by atoms with Crippen molar-refractivity contribution >= 4 is 28.3 Å². The van der Waals surface area contributed by atoms with Gasteiger partial charge in [0.2, 0.25) is 0 Å². The van der Waals surface area contributed by atoms with E-state index in [2.05, 4.69) is 55.1 Å². The van der Waals surface area contributed by atoms with Gasteiger partial charge in [0.05, 0.1) is 27.7 Å². The fourth-order valence-electron chi connectivity index (χ4n) is 4.23. The summed E-state index contributed by atoms with van der Waals surface area (Å²) in [5.41, 5.74) is 2.29. The lowest BCUT2D eigenvalue weighted by Gasteiger charge is -2.32. The molecule has 0 unspecified atom stereocenters. The summed E-state index contributed by atoms with van der Waals surface area (Å²) in [4.78, 5) is 23.1. The van der Waals surface area contributed by atoms with Gasteiger partial charge in [-0.25, -0.2) is 9.67 Å². The molecule has 3 aromatic rings. The van der Waals surface area contributed by atoms with E-state index in [9.17, 15) is 4.79 Å². The highest BCUT2D eigenvalue weighted by Crippen LogP contribution is 2.30. The third kappa shape index (κ3) is 4.83. The zero-order chi connectivity index (χ0) is 22.0. The number of unbranched alkanes of at least 4 members (excludes halogenated alkanes) is 1. The van der Waals surface area contributed by atoms with Gasteiger partial charge in [-0.15, -0.1) is 11.3 Å². The predicted molar refractivity (Wildman–Crippen MR) is 128 cm³/mol. The molecule has 1 aliphatic rings.